The quantitative estimate of drug-likeness (QED) is 0.765. The van der Waals surface area contributed by atoms with Crippen molar-refractivity contribution in [1.82, 2.24) is 5.32 Å². The standard InChI is InChI=1S/C13H19N/c1-4-13(14-11(2)3)10-12-8-6-5-7-9-12/h5-11,14H,4H2,1-3H3. The van der Waals surface area contributed by atoms with E-state index < -0.39 is 0 Å². The van der Waals surface area contributed by atoms with Crippen LogP contribution in [0, 0.1) is 0 Å². The lowest BCUT2D eigenvalue weighted by Crippen LogP contribution is -2.21. The summed E-state index contributed by atoms with van der Waals surface area (Å²) in [4.78, 5) is 0. The second kappa shape index (κ2) is 5.48. The molecule has 0 spiro atoms. The van der Waals surface area contributed by atoms with Gasteiger partial charge in [0.05, 0.1) is 0 Å². The zero-order valence-corrected chi connectivity index (χ0v) is 9.25. The maximum atomic E-state index is 3.44. The zero-order chi connectivity index (χ0) is 10.4. The first kappa shape index (κ1) is 10.8. The molecule has 0 aromatic heterocycles. The summed E-state index contributed by atoms with van der Waals surface area (Å²) in [6.07, 6.45) is 3.26. The van der Waals surface area contributed by atoms with Gasteiger partial charge in [0.25, 0.3) is 0 Å². The van der Waals surface area contributed by atoms with E-state index in [-0.39, 0.29) is 0 Å². The van der Waals surface area contributed by atoms with Crippen molar-refractivity contribution >= 4 is 6.08 Å². The fourth-order valence-corrected chi connectivity index (χ4v) is 1.37. The van der Waals surface area contributed by atoms with Crippen LogP contribution in [0.2, 0.25) is 0 Å². The van der Waals surface area contributed by atoms with Crippen molar-refractivity contribution in [2.75, 3.05) is 0 Å². The summed E-state index contributed by atoms with van der Waals surface area (Å²) in [5, 5.41) is 3.44. The Morgan fingerprint density at radius 1 is 1.29 bits per heavy atom. The second-order valence-electron chi connectivity index (χ2n) is 3.73. The topological polar surface area (TPSA) is 12.0 Å². The lowest BCUT2D eigenvalue weighted by molar-refractivity contribution is 0.655. The van der Waals surface area contributed by atoms with Crippen molar-refractivity contribution in [3.63, 3.8) is 0 Å². The van der Waals surface area contributed by atoms with Crippen LogP contribution >= 0.6 is 0 Å². The van der Waals surface area contributed by atoms with Crippen LogP contribution in [-0.4, -0.2) is 6.04 Å². The summed E-state index contributed by atoms with van der Waals surface area (Å²) < 4.78 is 0. The van der Waals surface area contributed by atoms with E-state index in [9.17, 15) is 0 Å². The zero-order valence-electron chi connectivity index (χ0n) is 9.25. The van der Waals surface area contributed by atoms with Gasteiger partial charge in [0.2, 0.25) is 0 Å². The van der Waals surface area contributed by atoms with E-state index in [2.05, 4.69) is 56.4 Å². The van der Waals surface area contributed by atoms with Gasteiger partial charge in [0, 0.05) is 11.7 Å². The van der Waals surface area contributed by atoms with E-state index in [1.54, 1.807) is 0 Å². The molecule has 14 heavy (non-hydrogen) atoms. The third kappa shape index (κ3) is 3.65. The number of hydrogen-bond donors (Lipinski definition) is 1. The highest BCUT2D eigenvalue weighted by Gasteiger charge is 1.96. The van der Waals surface area contributed by atoms with Crippen molar-refractivity contribution in [2.24, 2.45) is 0 Å². The van der Waals surface area contributed by atoms with Gasteiger partial charge >= 0.3 is 0 Å². The highest BCUT2D eigenvalue weighted by Crippen LogP contribution is 2.07. The predicted octanol–water partition coefficient (Wildman–Crippen LogP) is 3.44. The van der Waals surface area contributed by atoms with Crippen LogP contribution in [0.5, 0.6) is 0 Å². The van der Waals surface area contributed by atoms with E-state index >= 15 is 0 Å². The van der Waals surface area contributed by atoms with Crippen LogP contribution in [0.4, 0.5) is 0 Å². The number of allylic oxidation sites excluding steroid dienone is 1. The summed E-state index contributed by atoms with van der Waals surface area (Å²) in [5.74, 6) is 0. The Morgan fingerprint density at radius 2 is 1.93 bits per heavy atom. The molecule has 0 heterocycles. The minimum absolute atomic E-state index is 0.505. The molecule has 0 saturated heterocycles. The lowest BCUT2D eigenvalue weighted by atomic mass is 10.1. The molecule has 1 aromatic rings. The van der Waals surface area contributed by atoms with Crippen LogP contribution < -0.4 is 5.32 Å². The van der Waals surface area contributed by atoms with Crippen molar-refractivity contribution in [3.8, 4) is 0 Å². The minimum atomic E-state index is 0.505. The van der Waals surface area contributed by atoms with Gasteiger partial charge in [-0.2, -0.15) is 0 Å². The van der Waals surface area contributed by atoms with Gasteiger partial charge in [0.15, 0.2) is 0 Å². The molecule has 0 radical (unpaired) electrons. The van der Waals surface area contributed by atoms with Gasteiger partial charge in [-0.25, -0.2) is 0 Å². The molecule has 1 N–H and O–H groups in total. The Kier molecular flexibility index (Phi) is 4.24. The van der Waals surface area contributed by atoms with Gasteiger partial charge < -0.3 is 5.32 Å². The maximum absolute atomic E-state index is 3.44. The monoisotopic (exact) mass is 189 g/mol. The largest absolute Gasteiger partial charge is 0.386 e. The highest BCUT2D eigenvalue weighted by molar-refractivity contribution is 5.51. The Balaban J connectivity index is 2.73. The number of nitrogens with one attached hydrogen (secondary N) is 1. The molecular formula is C13H19N. The average molecular weight is 189 g/mol. The van der Waals surface area contributed by atoms with Crippen LogP contribution in [0.25, 0.3) is 6.08 Å². The first-order valence-corrected chi connectivity index (χ1v) is 5.24. The Hall–Kier alpha value is -1.24. The van der Waals surface area contributed by atoms with Gasteiger partial charge in [0.1, 0.15) is 0 Å². The van der Waals surface area contributed by atoms with Gasteiger partial charge in [-0.1, -0.05) is 37.3 Å². The Morgan fingerprint density at radius 3 is 2.43 bits per heavy atom. The Bertz CT molecular complexity index is 285. The number of hydrogen-bond acceptors (Lipinski definition) is 1. The summed E-state index contributed by atoms with van der Waals surface area (Å²) in [7, 11) is 0. The molecule has 0 aliphatic rings. The first-order chi connectivity index (χ1) is 6.72. The van der Waals surface area contributed by atoms with Gasteiger partial charge in [-0.3, -0.25) is 0 Å². The number of rotatable bonds is 4. The van der Waals surface area contributed by atoms with E-state index in [0.29, 0.717) is 6.04 Å². The summed E-state index contributed by atoms with van der Waals surface area (Å²) in [5.41, 5.74) is 2.56. The van der Waals surface area contributed by atoms with E-state index in [0.717, 1.165) is 6.42 Å². The third-order valence-electron chi connectivity index (χ3n) is 2.00. The Labute approximate surface area is 86.8 Å². The van der Waals surface area contributed by atoms with Crippen LogP contribution in [-0.2, 0) is 0 Å². The molecule has 0 atom stereocenters. The van der Waals surface area contributed by atoms with Gasteiger partial charge in [-0.05, 0) is 31.9 Å². The molecule has 0 fully saturated rings. The van der Waals surface area contributed by atoms with E-state index in [4.69, 9.17) is 0 Å². The fourth-order valence-electron chi connectivity index (χ4n) is 1.37. The lowest BCUT2D eigenvalue weighted by Gasteiger charge is -2.12. The van der Waals surface area contributed by atoms with Crippen molar-refractivity contribution in [3.05, 3.63) is 41.6 Å². The normalized spacial score (nSPS) is 11.9. The fraction of sp³-hybridized carbons (Fsp3) is 0.385. The van der Waals surface area contributed by atoms with Crippen LogP contribution in [0.1, 0.15) is 32.8 Å². The molecule has 0 aliphatic carbocycles. The molecular weight excluding hydrogens is 170 g/mol. The molecule has 0 bridgehead atoms. The molecule has 0 saturated carbocycles. The molecule has 0 aliphatic heterocycles. The minimum Gasteiger partial charge on any atom is -0.386 e. The van der Waals surface area contributed by atoms with Crippen molar-refractivity contribution in [2.45, 2.75) is 33.2 Å². The summed E-state index contributed by atoms with van der Waals surface area (Å²) in [6.45, 7) is 6.49. The molecule has 0 unspecified atom stereocenters. The molecule has 0 amide bonds. The van der Waals surface area contributed by atoms with Gasteiger partial charge in [-0.15, -0.1) is 0 Å². The summed E-state index contributed by atoms with van der Waals surface area (Å²) >= 11 is 0. The third-order valence-corrected chi connectivity index (χ3v) is 2.00. The van der Waals surface area contributed by atoms with Crippen LogP contribution in [0.15, 0.2) is 36.0 Å². The smallest absolute Gasteiger partial charge is 0.0201 e. The molecule has 1 rings (SSSR count). The first-order valence-electron chi connectivity index (χ1n) is 5.24. The highest BCUT2D eigenvalue weighted by atomic mass is 14.9. The average Bonchev–Trinajstić information content (AvgIpc) is 2.17. The van der Waals surface area contributed by atoms with E-state index in [1.165, 1.54) is 11.3 Å². The number of benzene rings is 1. The van der Waals surface area contributed by atoms with Crippen molar-refractivity contribution in [1.29, 1.82) is 0 Å². The second-order valence-corrected chi connectivity index (χ2v) is 3.73. The molecule has 76 valence electrons. The van der Waals surface area contributed by atoms with Crippen molar-refractivity contribution < 1.29 is 0 Å². The summed E-state index contributed by atoms with van der Waals surface area (Å²) in [6, 6.07) is 10.9. The maximum Gasteiger partial charge on any atom is 0.0201 e. The molecule has 1 heteroatoms. The molecule has 1 aromatic carbocycles. The predicted molar refractivity (Wildman–Crippen MR) is 63.0 cm³/mol. The molecule has 1 nitrogen and oxygen atoms in total. The van der Waals surface area contributed by atoms with E-state index in [1.807, 2.05) is 6.07 Å². The van der Waals surface area contributed by atoms with Crippen LogP contribution in [0.3, 0.4) is 0 Å². The SMILES string of the molecule is CCC(=Cc1ccccc1)NC(C)C.